The summed E-state index contributed by atoms with van der Waals surface area (Å²) < 4.78 is 4.94. The fraction of sp³-hybridized carbons (Fsp3) is 0.375. The highest BCUT2D eigenvalue weighted by atomic mass is 16.5. The van der Waals surface area contributed by atoms with Crippen molar-refractivity contribution >= 4 is 23.3 Å². The topological polar surface area (TPSA) is 83.9 Å². The molecule has 0 unspecified atom stereocenters. The van der Waals surface area contributed by atoms with Gasteiger partial charge in [0.2, 0.25) is 0 Å². The highest BCUT2D eigenvalue weighted by molar-refractivity contribution is 6.12. The number of rotatable bonds is 6. The SMILES string of the molecule is CCOC(=O)CN1C(=O)[C@](O)(CC(=O)c2ccc(C(C)(C)C)cc2)c2ccccc21. The van der Waals surface area contributed by atoms with E-state index in [4.69, 9.17) is 4.74 Å². The predicted molar refractivity (Wildman–Crippen MR) is 113 cm³/mol. The fourth-order valence-corrected chi connectivity index (χ4v) is 3.66. The summed E-state index contributed by atoms with van der Waals surface area (Å²) in [4.78, 5) is 39.2. The normalized spacial score (nSPS) is 18.3. The second-order valence-electron chi connectivity index (χ2n) is 8.50. The lowest BCUT2D eigenvalue weighted by molar-refractivity contribution is -0.144. The summed E-state index contributed by atoms with van der Waals surface area (Å²) in [5, 5.41) is 11.3. The molecule has 0 saturated heterocycles. The van der Waals surface area contributed by atoms with Crippen LogP contribution in [0, 0.1) is 0 Å². The van der Waals surface area contributed by atoms with Crippen LogP contribution in [0.2, 0.25) is 0 Å². The number of benzene rings is 2. The lowest BCUT2D eigenvalue weighted by atomic mass is 9.85. The van der Waals surface area contributed by atoms with Crippen LogP contribution < -0.4 is 4.90 Å². The van der Waals surface area contributed by atoms with Crippen LogP contribution in [-0.2, 0) is 25.3 Å². The van der Waals surface area contributed by atoms with Gasteiger partial charge in [-0.1, -0.05) is 63.2 Å². The number of carbonyl (C=O) groups is 3. The Kier molecular flexibility index (Phi) is 5.81. The Bertz CT molecular complexity index is 974. The molecule has 1 atom stereocenters. The summed E-state index contributed by atoms with van der Waals surface area (Å²) in [5.74, 6) is -1.62. The Morgan fingerprint density at radius 3 is 2.30 bits per heavy atom. The van der Waals surface area contributed by atoms with Gasteiger partial charge in [0.15, 0.2) is 11.4 Å². The summed E-state index contributed by atoms with van der Waals surface area (Å²) in [5.41, 5.74) is 0.162. The molecule has 0 aromatic heterocycles. The molecule has 2 aromatic rings. The zero-order valence-electron chi connectivity index (χ0n) is 17.8. The van der Waals surface area contributed by atoms with Crippen LogP contribution in [0.4, 0.5) is 5.69 Å². The Morgan fingerprint density at radius 2 is 1.70 bits per heavy atom. The molecule has 1 amide bonds. The minimum atomic E-state index is -2.02. The largest absolute Gasteiger partial charge is 0.465 e. The third kappa shape index (κ3) is 4.00. The first kappa shape index (κ1) is 21.7. The highest BCUT2D eigenvalue weighted by Crippen LogP contribution is 2.42. The van der Waals surface area contributed by atoms with Crippen LogP contribution in [0.1, 0.15) is 55.6 Å². The molecule has 0 radical (unpaired) electrons. The number of hydrogen-bond acceptors (Lipinski definition) is 5. The number of esters is 1. The van der Waals surface area contributed by atoms with Crippen LogP contribution in [0.25, 0.3) is 0 Å². The van der Waals surface area contributed by atoms with E-state index in [2.05, 4.69) is 20.8 Å². The van der Waals surface area contributed by atoms with Gasteiger partial charge in [-0.25, -0.2) is 0 Å². The molecule has 6 heteroatoms. The number of fused-ring (bicyclic) bond motifs is 1. The third-order valence-electron chi connectivity index (χ3n) is 5.32. The minimum Gasteiger partial charge on any atom is -0.465 e. The predicted octanol–water partition coefficient (Wildman–Crippen LogP) is 3.35. The number of hydrogen-bond donors (Lipinski definition) is 1. The zero-order chi connectivity index (χ0) is 22.1. The summed E-state index contributed by atoms with van der Waals surface area (Å²) in [6.45, 7) is 7.80. The van der Waals surface area contributed by atoms with E-state index >= 15 is 0 Å². The standard InChI is InChI=1S/C24H27NO5/c1-5-30-21(27)15-25-19-9-7-6-8-18(19)24(29,22(25)28)14-20(26)16-10-12-17(13-11-16)23(2,3)4/h6-13,29H,5,14-15H2,1-4H3/t24-/m0/s1. The first-order chi connectivity index (χ1) is 14.1. The second-order valence-corrected chi connectivity index (χ2v) is 8.50. The van der Waals surface area contributed by atoms with Gasteiger partial charge in [0, 0.05) is 11.1 Å². The minimum absolute atomic E-state index is 0.0479. The van der Waals surface area contributed by atoms with E-state index in [-0.39, 0.29) is 24.3 Å². The van der Waals surface area contributed by atoms with E-state index in [0.717, 1.165) is 5.56 Å². The van der Waals surface area contributed by atoms with E-state index in [1.807, 2.05) is 12.1 Å². The van der Waals surface area contributed by atoms with Crippen molar-refractivity contribution in [3.8, 4) is 0 Å². The molecule has 1 N–H and O–H groups in total. The van der Waals surface area contributed by atoms with Gasteiger partial charge >= 0.3 is 5.97 Å². The number of carbonyl (C=O) groups excluding carboxylic acids is 3. The van der Waals surface area contributed by atoms with Gasteiger partial charge in [0.1, 0.15) is 6.54 Å². The summed E-state index contributed by atoms with van der Waals surface area (Å²) in [6, 6.07) is 13.9. The average molecular weight is 409 g/mol. The van der Waals surface area contributed by atoms with Crippen molar-refractivity contribution in [3.05, 3.63) is 65.2 Å². The second kappa shape index (κ2) is 8.03. The summed E-state index contributed by atoms with van der Waals surface area (Å²) in [6.07, 6.45) is -0.406. The molecule has 3 rings (SSSR count). The maximum Gasteiger partial charge on any atom is 0.326 e. The van der Waals surface area contributed by atoms with Gasteiger partial charge in [0.05, 0.1) is 18.7 Å². The summed E-state index contributed by atoms with van der Waals surface area (Å²) in [7, 11) is 0. The molecular weight excluding hydrogens is 382 g/mol. The van der Waals surface area contributed by atoms with Gasteiger partial charge in [-0.05, 0) is 24.0 Å². The number of para-hydroxylation sites is 1. The molecule has 6 nitrogen and oxygen atoms in total. The first-order valence-electron chi connectivity index (χ1n) is 10.0. The van der Waals surface area contributed by atoms with E-state index < -0.39 is 23.9 Å². The Balaban J connectivity index is 1.88. The molecular formula is C24H27NO5. The number of ether oxygens (including phenoxy) is 1. The number of Topliss-reactive ketones (excluding diaryl/α,β-unsaturated/α-hetero) is 1. The molecule has 0 saturated carbocycles. The van der Waals surface area contributed by atoms with E-state index in [1.165, 1.54) is 4.90 Å². The van der Waals surface area contributed by atoms with E-state index in [1.54, 1.807) is 43.3 Å². The Hall–Kier alpha value is -2.99. The van der Waals surface area contributed by atoms with Gasteiger partial charge < -0.3 is 9.84 Å². The molecule has 1 aliphatic heterocycles. The van der Waals surface area contributed by atoms with Crippen molar-refractivity contribution in [2.75, 3.05) is 18.1 Å². The quantitative estimate of drug-likeness (QED) is 0.584. The molecule has 1 heterocycles. The number of anilines is 1. The Morgan fingerprint density at radius 1 is 1.07 bits per heavy atom. The van der Waals surface area contributed by atoms with Gasteiger partial charge in [-0.2, -0.15) is 0 Å². The van der Waals surface area contributed by atoms with Crippen LogP contribution in [-0.4, -0.2) is 35.9 Å². The Labute approximate surface area is 176 Å². The molecule has 0 fully saturated rings. The van der Waals surface area contributed by atoms with E-state index in [9.17, 15) is 19.5 Å². The maximum atomic E-state index is 13.1. The molecule has 2 aromatic carbocycles. The van der Waals surface area contributed by atoms with Crippen LogP contribution in [0.3, 0.4) is 0 Å². The molecule has 1 aliphatic rings. The van der Waals surface area contributed by atoms with Crippen molar-refractivity contribution < 1.29 is 24.2 Å². The number of ketones is 1. The number of aliphatic hydroxyl groups is 1. The van der Waals surface area contributed by atoms with Crippen LogP contribution in [0.15, 0.2) is 48.5 Å². The highest BCUT2D eigenvalue weighted by Gasteiger charge is 2.51. The zero-order valence-corrected chi connectivity index (χ0v) is 17.8. The summed E-state index contributed by atoms with van der Waals surface area (Å²) >= 11 is 0. The lowest BCUT2D eigenvalue weighted by Gasteiger charge is -2.23. The number of amides is 1. The lowest BCUT2D eigenvalue weighted by Crippen LogP contribution is -2.44. The van der Waals surface area contributed by atoms with Gasteiger partial charge in [-0.15, -0.1) is 0 Å². The van der Waals surface area contributed by atoms with Crippen molar-refractivity contribution in [2.45, 2.75) is 45.1 Å². The molecule has 0 aliphatic carbocycles. The molecule has 30 heavy (non-hydrogen) atoms. The van der Waals surface area contributed by atoms with Gasteiger partial charge in [-0.3, -0.25) is 19.3 Å². The third-order valence-corrected chi connectivity index (χ3v) is 5.32. The monoisotopic (exact) mass is 409 g/mol. The van der Waals surface area contributed by atoms with Gasteiger partial charge in [0.25, 0.3) is 5.91 Å². The van der Waals surface area contributed by atoms with Crippen molar-refractivity contribution in [1.82, 2.24) is 0 Å². The fourth-order valence-electron chi connectivity index (χ4n) is 3.66. The van der Waals surface area contributed by atoms with Crippen molar-refractivity contribution in [1.29, 1.82) is 0 Å². The van der Waals surface area contributed by atoms with Crippen LogP contribution in [0.5, 0.6) is 0 Å². The van der Waals surface area contributed by atoms with E-state index in [0.29, 0.717) is 16.8 Å². The number of nitrogens with zero attached hydrogens (tertiary/aromatic N) is 1. The molecule has 158 valence electrons. The molecule has 0 spiro atoms. The van der Waals surface area contributed by atoms with Crippen LogP contribution >= 0.6 is 0 Å². The van der Waals surface area contributed by atoms with Crippen molar-refractivity contribution in [2.24, 2.45) is 0 Å². The van der Waals surface area contributed by atoms with Crippen molar-refractivity contribution in [3.63, 3.8) is 0 Å². The first-order valence-corrected chi connectivity index (χ1v) is 10.0. The maximum absolute atomic E-state index is 13.1. The average Bonchev–Trinajstić information content (AvgIpc) is 2.90. The molecule has 0 bridgehead atoms. The smallest absolute Gasteiger partial charge is 0.326 e.